The number of hydrogen-bond donors (Lipinski definition) is 1. The van der Waals surface area contributed by atoms with Gasteiger partial charge in [0.05, 0.1) is 12.5 Å². The van der Waals surface area contributed by atoms with Crippen LogP contribution in [0, 0.1) is 11.3 Å². The molecule has 0 aromatic heterocycles. The molecular weight excluding hydrogens is 154 g/mol. The first-order valence-electron chi connectivity index (χ1n) is 4.18. The second kappa shape index (κ2) is 3.90. The fraction of sp³-hybridized carbons (Fsp3) is 0.889. The lowest BCUT2D eigenvalue weighted by atomic mass is 9.79. The molecule has 1 atom stereocenters. The lowest BCUT2D eigenvalue weighted by Crippen LogP contribution is -2.47. The van der Waals surface area contributed by atoms with Crippen molar-refractivity contribution in [3.8, 4) is 0 Å². The Hall–Kier alpha value is -0.570. The van der Waals surface area contributed by atoms with Gasteiger partial charge in [0.2, 0.25) is 0 Å². The maximum atomic E-state index is 11.3. The average Bonchev–Trinajstić information content (AvgIpc) is 2.01. The van der Waals surface area contributed by atoms with Gasteiger partial charge in [0.25, 0.3) is 0 Å². The lowest BCUT2D eigenvalue weighted by Gasteiger charge is -2.31. The molecule has 0 saturated carbocycles. The molecule has 3 heteroatoms. The average molecular weight is 173 g/mol. The van der Waals surface area contributed by atoms with Gasteiger partial charge in [0, 0.05) is 6.04 Å². The van der Waals surface area contributed by atoms with Crippen molar-refractivity contribution in [1.82, 2.24) is 0 Å². The Bertz CT molecular complexity index is 164. The molecule has 0 radical (unpaired) electrons. The van der Waals surface area contributed by atoms with Gasteiger partial charge in [-0.2, -0.15) is 0 Å². The van der Waals surface area contributed by atoms with E-state index in [1.54, 1.807) is 0 Å². The predicted octanol–water partition coefficient (Wildman–Crippen LogP) is 1.17. The number of methoxy groups -OCH3 is 1. The largest absolute Gasteiger partial charge is 0.469 e. The van der Waals surface area contributed by atoms with Gasteiger partial charge in [-0.1, -0.05) is 13.8 Å². The third-order valence-electron chi connectivity index (χ3n) is 2.26. The zero-order valence-electron chi connectivity index (χ0n) is 8.55. The fourth-order valence-electron chi connectivity index (χ4n) is 1.23. The molecule has 0 heterocycles. The molecule has 12 heavy (non-hydrogen) atoms. The highest BCUT2D eigenvalue weighted by Gasteiger charge is 2.36. The molecule has 0 saturated heterocycles. The Balaban J connectivity index is 4.48. The molecule has 3 nitrogen and oxygen atoms in total. The van der Waals surface area contributed by atoms with Crippen molar-refractivity contribution in [1.29, 1.82) is 0 Å². The Morgan fingerprint density at radius 2 is 1.83 bits per heavy atom. The van der Waals surface area contributed by atoms with Crippen LogP contribution < -0.4 is 5.73 Å². The van der Waals surface area contributed by atoms with Gasteiger partial charge < -0.3 is 10.5 Å². The van der Waals surface area contributed by atoms with Crippen molar-refractivity contribution in [2.75, 3.05) is 7.11 Å². The minimum absolute atomic E-state index is 0.162. The van der Waals surface area contributed by atoms with Crippen LogP contribution in [0.2, 0.25) is 0 Å². The lowest BCUT2D eigenvalue weighted by molar-refractivity contribution is -0.152. The Labute approximate surface area is 74.3 Å². The van der Waals surface area contributed by atoms with E-state index in [1.165, 1.54) is 7.11 Å². The van der Waals surface area contributed by atoms with E-state index in [0.717, 1.165) is 0 Å². The number of nitrogens with two attached hydrogens (primary N) is 1. The summed E-state index contributed by atoms with van der Waals surface area (Å²) >= 11 is 0. The molecule has 2 N–H and O–H groups in total. The van der Waals surface area contributed by atoms with Crippen LogP contribution in [0.15, 0.2) is 0 Å². The number of esters is 1. The molecule has 1 unspecified atom stereocenters. The topological polar surface area (TPSA) is 52.3 Å². The first-order valence-corrected chi connectivity index (χ1v) is 4.18. The van der Waals surface area contributed by atoms with Crippen molar-refractivity contribution in [3.05, 3.63) is 0 Å². The van der Waals surface area contributed by atoms with E-state index in [9.17, 15) is 4.79 Å². The van der Waals surface area contributed by atoms with Crippen LogP contribution in [-0.2, 0) is 9.53 Å². The van der Waals surface area contributed by atoms with E-state index >= 15 is 0 Å². The summed E-state index contributed by atoms with van der Waals surface area (Å²) in [6, 6.07) is -0.162. The molecule has 0 aliphatic carbocycles. The third-order valence-corrected chi connectivity index (χ3v) is 2.26. The number of rotatable bonds is 3. The number of ether oxygens (including phenoxy) is 1. The van der Waals surface area contributed by atoms with Crippen LogP contribution in [0.4, 0.5) is 0 Å². The zero-order valence-corrected chi connectivity index (χ0v) is 8.55. The Morgan fingerprint density at radius 3 is 2.08 bits per heavy atom. The smallest absolute Gasteiger partial charge is 0.312 e. The molecule has 0 aliphatic rings. The summed E-state index contributed by atoms with van der Waals surface area (Å²) in [7, 11) is 1.39. The van der Waals surface area contributed by atoms with E-state index in [-0.39, 0.29) is 17.9 Å². The summed E-state index contributed by atoms with van der Waals surface area (Å²) in [6.07, 6.45) is 0. The van der Waals surface area contributed by atoms with Gasteiger partial charge in [-0.15, -0.1) is 0 Å². The van der Waals surface area contributed by atoms with Crippen molar-refractivity contribution in [3.63, 3.8) is 0 Å². The third kappa shape index (κ3) is 2.21. The number of hydrogen-bond acceptors (Lipinski definition) is 3. The summed E-state index contributed by atoms with van der Waals surface area (Å²) in [5.74, 6) is 0.0304. The van der Waals surface area contributed by atoms with Gasteiger partial charge >= 0.3 is 5.97 Å². The monoisotopic (exact) mass is 173 g/mol. The summed E-state index contributed by atoms with van der Waals surface area (Å²) in [5.41, 5.74) is 5.28. The molecule has 0 fully saturated rings. The second-order valence-corrected chi connectivity index (χ2v) is 3.98. The first kappa shape index (κ1) is 11.4. The van der Waals surface area contributed by atoms with Crippen molar-refractivity contribution >= 4 is 5.97 Å². The van der Waals surface area contributed by atoms with Gasteiger partial charge in [-0.05, 0) is 19.8 Å². The molecule has 0 aromatic rings. The fourth-order valence-corrected chi connectivity index (χ4v) is 1.23. The van der Waals surface area contributed by atoms with E-state index in [2.05, 4.69) is 4.74 Å². The zero-order chi connectivity index (χ0) is 9.94. The van der Waals surface area contributed by atoms with Crippen LogP contribution in [0.5, 0.6) is 0 Å². The van der Waals surface area contributed by atoms with Gasteiger partial charge in [0.15, 0.2) is 0 Å². The normalized spacial score (nSPS) is 14.6. The summed E-state index contributed by atoms with van der Waals surface area (Å²) < 4.78 is 4.67. The van der Waals surface area contributed by atoms with E-state index in [0.29, 0.717) is 0 Å². The predicted molar refractivity (Wildman–Crippen MR) is 48.6 cm³/mol. The highest BCUT2D eigenvalue weighted by molar-refractivity contribution is 5.76. The van der Waals surface area contributed by atoms with Crippen LogP contribution in [-0.4, -0.2) is 19.1 Å². The molecule has 0 spiro atoms. The highest BCUT2D eigenvalue weighted by Crippen LogP contribution is 2.25. The second-order valence-electron chi connectivity index (χ2n) is 3.98. The van der Waals surface area contributed by atoms with Crippen LogP contribution >= 0.6 is 0 Å². The molecule has 0 aliphatic heterocycles. The highest BCUT2D eigenvalue weighted by atomic mass is 16.5. The van der Waals surface area contributed by atoms with E-state index in [4.69, 9.17) is 5.73 Å². The van der Waals surface area contributed by atoms with Crippen LogP contribution in [0.1, 0.15) is 27.7 Å². The van der Waals surface area contributed by atoms with Gasteiger partial charge in [-0.25, -0.2) is 0 Å². The SMILES string of the molecule is COC(=O)C(C)(C)C(N)C(C)C. The van der Waals surface area contributed by atoms with E-state index in [1.807, 2.05) is 27.7 Å². The summed E-state index contributed by atoms with van der Waals surface area (Å²) in [6.45, 7) is 7.61. The van der Waals surface area contributed by atoms with Gasteiger partial charge in [0.1, 0.15) is 0 Å². The number of carbonyl (C=O) groups excluding carboxylic acids is 1. The molecular formula is C9H19NO2. The minimum atomic E-state index is -0.594. The number of carbonyl (C=O) groups is 1. The minimum Gasteiger partial charge on any atom is -0.469 e. The molecule has 0 amide bonds. The maximum absolute atomic E-state index is 11.3. The van der Waals surface area contributed by atoms with E-state index < -0.39 is 5.41 Å². The molecule has 72 valence electrons. The first-order chi connectivity index (χ1) is 5.34. The Morgan fingerprint density at radius 1 is 1.42 bits per heavy atom. The quantitative estimate of drug-likeness (QED) is 0.652. The molecule has 0 rings (SSSR count). The standard InChI is InChI=1S/C9H19NO2/c1-6(2)7(10)9(3,4)8(11)12-5/h6-7H,10H2,1-5H3. The molecule has 0 aromatic carbocycles. The van der Waals surface area contributed by atoms with Crippen molar-refractivity contribution in [2.24, 2.45) is 17.1 Å². The molecule has 0 bridgehead atoms. The van der Waals surface area contributed by atoms with Crippen molar-refractivity contribution in [2.45, 2.75) is 33.7 Å². The summed E-state index contributed by atoms with van der Waals surface area (Å²) in [4.78, 5) is 11.3. The van der Waals surface area contributed by atoms with Crippen molar-refractivity contribution < 1.29 is 9.53 Å². The summed E-state index contributed by atoms with van der Waals surface area (Å²) in [5, 5.41) is 0. The Kier molecular flexibility index (Phi) is 3.71. The maximum Gasteiger partial charge on any atom is 0.312 e. The van der Waals surface area contributed by atoms with Crippen LogP contribution in [0.25, 0.3) is 0 Å². The van der Waals surface area contributed by atoms with Crippen LogP contribution in [0.3, 0.4) is 0 Å². The van der Waals surface area contributed by atoms with Gasteiger partial charge in [-0.3, -0.25) is 4.79 Å².